The van der Waals surface area contributed by atoms with E-state index in [0.29, 0.717) is 12.0 Å². The maximum atomic E-state index is 13.5. The Kier molecular flexibility index (Phi) is 7.71. The summed E-state index contributed by atoms with van der Waals surface area (Å²) in [5.74, 6) is -1.33. The monoisotopic (exact) mass is 446 g/mol. The Balaban J connectivity index is 1.78. The molecule has 1 fully saturated rings. The Morgan fingerprint density at radius 3 is 2.44 bits per heavy atom. The molecular formula is C26H36F2N2O2. The highest BCUT2D eigenvalue weighted by Gasteiger charge is 2.42. The van der Waals surface area contributed by atoms with Crippen molar-refractivity contribution in [1.29, 1.82) is 0 Å². The van der Waals surface area contributed by atoms with Crippen molar-refractivity contribution < 1.29 is 19.0 Å². The van der Waals surface area contributed by atoms with Gasteiger partial charge in [0, 0.05) is 18.7 Å². The summed E-state index contributed by atoms with van der Waals surface area (Å²) in [7, 11) is 0. The standard InChI is InChI=1S/C26H36F2N2O2/c1-25(2,3)18-7-6-8-19(14-18)26(10-5-4-9-24(26)32)30-16-23(31)22(29)13-17-11-20(27)15-21(28)12-17/h6-8,11-12,14-15,22-24,30-32H,4-5,9-10,13,16,29H2,1-3H3/t22-,23+,24?,26?/m0/s1. The molecule has 6 heteroatoms. The van der Waals surface area contributed by atoms with E-state index in [4.69, 9.17) is 5.73 Å². The van der Waals surface area contributed by atoms with E-state index >= 15 is 0 Å². The SMILES string of the molecule is CC(C)(C)c1cccc(C2(NC[C@@H](O)[C@@H](N)Cc3cc(F)cc(F)c3)CCCCC2O)c1. The summed E-state index contributed by atoms with van der Waals surface area (Å²) in [6, 6.07) is 10.8. The number of benzene rings is 2. The van der Waals surface area contributed by atoms with Crippen molar-refractivity contribution in [1.82, 2.24) is 5.32 Å². The summed E-state index contributed by atoms with van der Waals surface area (Å²) in [6.07, 6.45) is 1.96. The van der Waals surface area contributed by atoms with Gasteiger partial charge in [0.2, 0.25) is 0 Å². The lowest BCUT2D eigenvalue weighted by Gasteiger charge is -2.44. The predicted octanol–water partition coefficient (Wildman–Crippen LogP) is 3.91. The van der Waals surface area contributed by atoms with Gasteiger partial charge < -0.3 is 21.3 Å². The van der Waals surface area contributed by atoms with E-state index in [1.54, 1.807) is 0 Å². The zero-order valence-electron chi connectivity index (χ0n) is 19.2. The lowest BCUT2D eigenvalue weighted by atomic mass is 9.72. The van der Waals surface area contributed by atoms with Crippen LogP contribution in [0.15, 0.2) is 42.5 Å². The van der Waals surface area contributed by atoms with Crippen molar-refractivity contribution in [3.05, 3.63) is 70.8 Å². The van der Waals surface area contributed by atoms with Crippen LogP contribution in [0.2, 0.25) is 0 Å². The van der Waals surface area contributed by atoms with Gasteiger partial charge in [0.05, 0.1) is 17.7 Å². The van der Waals surface area contributed by atoms with Gasteiger partial charge in [-0.2, -0.15) is 0 Å². The fourth-order valence-corrected chi connectivity index (χ4v) is 4.64. The normalized spacial score (nSPS) is 23.7. The number of rotatable bonds is 7. The number of nitrogens with two attached hydrogens (primary N) is 1. The number of hydrogen-bond acceptors (Lipinski definition) is 4. The molecule has 3 rings (SSSR count). The Hall–Kier alpha value is -1.86. The van der Waals surface area contributed by atoms with Crippen LogP contribution in [0, 0.1) is 11.6 Å². The summed E-state index contributed by atoms with van der Waals surface area (Å²) >= 11 is 0. The number of aliphatic hydroxyl groups excluding tert-OH is 2. The van der Waals surface area contributed by atoms with Crippen LogP contribution in [0.3, 0.4) is 0 Å². The van der Waals surface area contributed by atoms with Crippen molar-refractivity contribution in [2.45, 2.75) is 82.1 Å². The van der Waals surface area contributed by atoms with E-state index in [-0.39, 0.29) is 18.4 Å². The van der Waals surface area contributed by atoms with Crippen LogP contribution in [0.4, 0.5) is 8.78 Å². The van der Waals surface area contributed by atoms with E-state index in [1.165, 1.54) is 17.7 Å². The topological polar surface area (TPSA) is 78.5 Å². The third-order valence-electron chi connectivity index (χ3n) is 6.63. The molecule has 0 radical (unpaired) electrons. The van der Waals surface area contributed by atoms with Gasteiger partial charge in [-0.3, -0.25) is 0 Å². The molecule has 2 unspecified atom stereocenters. The highest BCUT2D eigenvalue weighted by molar-refractivity contribution is 5.35. The second kappa shape index (κ2) is 9.96. The lowest BCUT2D eigenvalue weighted by Crippen LogP contribution is -2.57. The maximum absolute atomic E-state index is 13.5. The fourth-order valence-electron chi connectivity index (χ4n) is 4.64. The molecule has 0 saturated heterocycles. The average Bonchev–Trinajstić information content (AvgIpc) is 2.72. The molecule has 1 aliphatic rings. The third-order valence-corrected chi connectivity index (χ3v) is 6.63. The molecule has 2 aromatic carbocycles. The predicted molar refractivity (Wildman–Crippen MR) is 123 cm³/mol. The largest absolute Gasteiger partial charge is 0.391 e. The quantitative estimate of drug-likeness (QED) is 0.520. The van der Waals surface area contributed by atoms with Crippen LogP contribution in [0.25, 0.3) is 0 Å². The molecule has 32 heavy (non-hydrogen) atoms. The molecule has 2 aromatic rings. The minimum atomic E-state index is -0.946. The molecule has 0 bridgehead atoms. The molecule has 0 aliphatic heterocycles. The minimum absolute atomic E-state index is 0.0289. The molecular weight excluding hydrogens is 410 g/mol. The fraction of sp³-hybridized carbons (Fsp3) is 0.538. The number of nitrogens with one attached hydrogen (secondary N) is 1. The molecule has 0 heterocycles. The van der Waals surface area contributed by atoms with E-state index in [9.17, 15) is 19.0 Å². The third kappa shape index (κ3) is 5.73. The van der Waals surface area contributed by atoms with Crippen molar-refractivity contribution in [3.63, 3.8) is 0 Å². The molecule has 1 aliphatic carbocycles. The first-order valence-electron chi connectivity index (χ1n) is 11.4. The Labute approximate surface area is 189 Å². The summed E-state index contributed by atoms with van der Waals surface area (Å²) in [5.41, 5.74) is 8.05. The van der Waals surface area contributed by atoms with Crippen LogP contribution in [-0.4, -0.2) is 35.0 Å². The van der Waals surface area contributed by atoms with Crippen molar-refractivity contribution in [2.24, 2.45) is 5.73 Å². The Bertz CT molecular complexity index is 895. The van der Waals surface area contributed by atoms with Crippen LogP contribution in [-0.2, 0) is 17.4 Å². The van der Waals surface area contributed by atoms with Crippen LogP contribution in [0.5, 0.6) is 0 Å². The first-order chi connectivity index (χ1) is 15.0. The second-order valence-corrected chi connectivity index (χ2v) is 10.2. The van der Waals surface area contributed by atoms with Gasteiger partial charge in [0.1, 0.15) is 11.6 Å². The minimum Gasteiger partial charge on any atom is -0.391 e. The molecule has 176 valence electrons. The average molecular weight is 447 g/mol. The van der Waals surface area contributed by atoms with Gasteiger partial charge in [0.25, 0.3) is 0 Å². The molecule has 0 amide bonds. The number of hydrogen-bond donors (Lipinski definition) is 4. The highest BCUT2D eigenvalue weighted by Crippen LogP contribution is 2.39. The van der Waals surface area contributed by atoms with Crippen molar-refractivity contribution in [3.8, 4) is 0 Å². The summed E-state index contributed by atoms with van der Waals surface area (Å²) in [4.78, 5) is 0. The van der Waals surface area contributed by atoms with E-state index in [1.807, 2.05) is 12.1 Å². The maximum Gasteiger partial charge on any atom is 0.126 e. The van der Waals surface area contributed by atoms with Crippen LogP contribution >= 0.6 is 0 Å². The van der Waals surface area contributed by atoms with Gasteiger partial charge >= 0.3 is 0 Å². The number of aliphatic hydroxyl groups is 2. The molecule has 0 spiro atoms. The van der Waals surface area contributed by atoms with Gasteiger partial charge in [-0.05, 0) is 53.5 Å². The molecule has 5 N–H and O–H groups in total. The molecule has 1 saturated carbocycles. The zero-order chi connectivity index (χ0) is 23.5. The van der Waals surface area contributed by atoms with Gasteiger partial charge in [-0.15, -0.1) is 0 Å². The van der Waals surface area contributed by atoms with Crippen LogP contribution in [0.1, 0.15) is 63.1 Å². The van der Waals surface area contributed by atoms with E-state index in [0.717, 1.165) is 30.9 Å². The first kappa shape index (κ1) is 24.8. The Morgan fingerprint density at radius 2 is 1.81 bits per heavy atom. The van der Waals surface area contributed by atoms with Gasteiger partial charge in [-0.1, -0.05) is 57.9 Å². The van der Waals surface area contributed by atoms with Crippen LogP contribution < -0.4 is 11.1 Å². The van der Waals surface area contributed by atoms with E-state index in [2.05, 4.69) is 38.2 Å². The second-order valence-electron chi connectivity index (χ2n) is 10.2. The summed E-state index contributed by atoms with van der Waals surface area (Å²) in [6.45, 7) is 6.63. The van der Waals surface area contributed by atoms with E-state index < -0.39 is 35.4 Å². The number of halogens is 2. The first-order valence-corrected chi connectivity index (χ1v) is 11.4. The molecule has 4 nitrogen and oxygen atoms in total. The van der Waals surface area contributed by atoms with Crippen molar-refractivity contribution >= 4 is 0 Å². The summed E-state index contributed by atoms with van der Waals surface area (Å²) in [5, 5.41) is 25.2. The van der Waals surface area contributed by atoms with Gasteiger partial charge in [0.15, 0.2) is 0 Å². The zero-order valence-corrected chi connectivity index (χ0v) is 19.2. The smallest absolute Gasteiger partial charge is 0.126 e. The highest BCUT2D eigenvalue weighted by atomic mass is 19.1. The molecule has 4 atom stereocenters. The van der Waals surface area contributed by atoms with Gasteiger partial charge in [-0.25, -0.2) is 8.78 Å². The lowest BCUT2D eigenvalue weighted by molar-refractivity contribution is 0.0101. The molecule has 0 aromatic heterocycles. The Morgan fingerprint density at radius 1 is 1.12 bits per heavy atom. The van der Waals surface area contributed by atoms with Crippen molar-refractivity contribution in [2.75, 3.05) is 6.54 Å². The summed E-state index contributed by atoms with van der Waals surface area (Å²) < 4.78 is 27.0.